The first-order chi connectivity index (χ1) is 25.4. The first kappa shape index (κ1) is 41.0. The molecule has 4 aromatic rings. The smallest absolute Gasteiger partial charge is 0.169 e. The van der Waals surface area contributed by atoms with Crippen molar-refractivity contribution in [1.29, 1.82) is 0 Å². The van der Waals surface area contributed by atoms with Gasteiger partial charge < -0.3 is 28.1 Å². The molecule has 12 nitrogen and oxygen atoms in total. The number of nitrogens with zero attached hydrogens (tertiary/aromatic N) is 2. The van der Waals surface area contributed by atoms with Gasteiger partial charge in [0.2, 0.25) is 0 Å². The molecule has 0 fully saturated rings. The molecule has 0 unspecified atom stereocenters. The average Bonchev–Trinajstić information content (AvgIpc) is 3.13. The van der Waals surface area contributed by atoms with Crippen LogP contribution in [0.2, 0.25) is 0 Å². The van der Waals surface area contributed by atoms with E-state index in [2.05, 4.69) is 0 Å². The zero-order chi connectivity index (χ0) is 38.1. The van der Waals surface area contributed by atoms with Gasteiger partial charge in [-0.15, -0.1) is 0 Å². The van der Waals surface area contributed by atoms with E-state index in [1.165, 1.54) is 0 Å². The molecule has 14 heteroatoms. The van der Waals surface area contributed by atoms with Crippen LogP contribution in [0.4, 0.5) is 0 Å². The quantitative estimate of drug-likeness (QED) is 0.0597. The second kappa shape index (κ2) is 20.5. The van der Waals surface area contributed by atoms with Gasteiger partial charge in [0.1, 0.15) is 13.1 Å². The minimum absolute atomic E-state index is 0.272. The van der Waals surface area contributed by atoms with Crippen LogP contribution < -0.4 is 28.1 Å². The van der Waals surface area contributed by atoms with Crippen LogP contribution in [0.15, 0.2) is 85.5 Å². The van der Waals surface area contributed by atoms with Crippen LogP contribution in [0.1, 0.15) is 54.4 Å². The summed E-state index contributed by atoms with van der Waals surface area (Å²) in [6, 6.07) is 19.2. The lowest BCUT2D eigenvalue weighted by molar-refractivity contribution is -0.697. The van der Waals surface area contributed by atoms with Gasteiger partial charge in [-0.25, -0.2) is 26.0 Å². The van der Waals surface area contributed by atoms with Gasteiger partial charge in [-0.2, -0.15) is 0 Å². The summed E-state index contributed by atoms with van der Waals surface area (Å²) in [5, 5.41) is 0. The summed E-state index contributed by atoms with van der Waals surface area (Å²) in [5.74, 6) is 1.87. The molecule has 0 aliphatic carbocycles. The van der Waals surface area contributed by atoms with Gasteiger partial charge >= 0.3 is 0 Å². The van der Waals surface area contributed by atoms with E-state index in [4.69, 9.17) is 18.9 Å². The van der Waals surface area contributed by atoms with E-state index in [0.29, 0.717) is 49.3 Å². The third-order valence-electron chi connectivity index (χ3n) is 8.07. The first-order valence-corrected chi connectivity index (χ1v) is 20.4. The van der Waals surface area contributed by atoms with Crippen LogP contribution in [-0.4, -0.2) is 64.9 Å². The second-order valence-corrected chi connectivity index (χ2v) is 15.3. The van der Waals surface area contributed by atoms with Crippen molar-refractivity contribution in [3.63, 3.8) is 0 Å². The fourth-order valence-corrected chi connectivity index (χ4v) is 6.22. The maximum atomic E-state index is 10.8. The molecule has 2 aromatic carbocycles. The van der Waals surface area contributed by atoms with Crippen molar-refractivity contribution in [1.82, 2.24) is 0 Å². The summed E-state index contributed by atoms with van der Waals surface area (Å²) < 4.78 is 91.6. The Morgan fingerprint density at radius 1 is 0.509 bits per heavy atom. The molecule has 2 heterocycles. The summed E-state index contributed by atoms with van der Waals surface area (Å²) in [7, 11) is -5.18. The van der Waals surface area contributed by atoms with Crippen molar-refractivity contribution in [2.24, 2.45) is 0 Å². The monoisotopic (exact) mass is 766 g/mol. The van der Waals surface area contributed by atoms with Crippen LogP contribution in [-0.2, 0) is 33.3 Å². The normalized spacial score (nSPS) is 12.0. The lowest BCUT2D eigenvalue weighted by atomic mass is 10.1. The number of hydrogen-bond acceptors (Lipinski definition) is 10. The lowest BCUT2D eigenvalue weighted by Crippen LogP contribution is -2.33. The summed E-state index contributed by atoms with van der Waals surface area (Å²) in [6.07, 6.45) is 18.4. The fraction of sp³-hybridized carbons (Fsp3) is 0.333. The van der Waals surface area contributed by atoms with Crippen molar-refractivity contribution >= 4 is 44.5 Å². The highest BCUT2D eigenvalue weighted by atomic mass is 32.2. The summed E-state index contributed by atoms with van der Waals surface area (Å²) >= 11 is 0. The molecule has 0 N–H and O–H groups in total. The van der Waals surface area contributed by atoms with Crippen molar-refractivity contribution in [2.75, 3.05) is 38.9 Å². The Labute approximate surface area is 312 Å². The number of aromatic nitrogens is 2. The Hall–Kier alpha value is -4.76. The predicted octanol–water partition coefficient (Wildman–Crippen LogP) is 5.12. The van der Waals surface area contributed by atoms with E-state index in [1.54, 1.807) is 14.2 Å². The molecule has 53 heavy (non-hydrogen) atoms. The highest BCUT2D eigenvalue weighted by molar-refractivity contribution is 7.85. The molecular formula is C39H46N2O10S2. The fourth-order valence-electron chi connectivity index (χ4n) is 5.25. The van der Waals surface area contributed by atoms with Crippen LogP contribution >= 0.6 is 0 Å². The van der Waals surface area contributed by atoms with E-state index in [1.807, 2.05) is 119 Å². The lowest BCUT2D eigenvalue weighted by Gasteiger charge is -2.12. The van der Waals surface area contributed by atoms with Crippen molar-refractivity contribution in [3.05, 3.63) is 108 Å². The maximum absolute atomic E-state index is 10.8. The molecule has 0 aliphatic rings. The molecule has 284 valence electrons. The van der Waals surface area contributed by atoms with Gasteiger partial charge in [0, 0.05) is 48.6 Å². The molecule has 2 aromatic heterocycles. The topological polar surface area (TPSA) is 159 Å². The number of pyridine rings is 2. The SMILES string of the molecule is COc1cc(/C=C/c2cc[n+](CCCS(=O)(=O)[O-])cc2)ccc1OCCCCCOc1ccc(/C=C/c2cc[n+](CCCS(=O)(=O)[O-])cc2)cc1OC. The van der Waals surface area contributed by atoms with E-state index >= 15 is 0 Å². The maximum Gasteiger partial charge on any atom is 0.169 e. The average molecular weight is 767 g/mol. The molecular weight excluding hydrogens is 721 g/mol. The second-order valence-electron chi connectivity index (χ2n) is 12.2. The summed E-state index contributed by atoms with van der Waals surface area (Å²) in [4.78, 5) is 0. The third kappa shape index (κ3) is 15.4. The molecule has 0 aliphatic heterocycles. The Morgan fingerprint density at radius 2 is 0.887 bits per heavy atom. The third-order valence-corrected chi connectivity index (χ3v) is 9.65. The number of ether oxygens (including phenoxy) is 4. The number of hydrogen-bond donors (Lipinski definition) is 0. The Kier molecular flexibility index (Phi) is 15.8. The van der Waals surface area contributed by atoms with Crippen molar-refractivity contribution < 1.29 is 54.0 Å². The molecule has 0 saturated carbocycles. The van der Waals surface area contributed by atoms with E-state index in [9.17, 15) is 25.9 Å². The highest BCUT2D eigenvalue weighted by Gasteiger charge is 2.08. The standard InChI is InChI=1S/C39H46N2O10S2/c1-48-38-30-34(10-8-32-16-22-40(23-17-32)20-6-28-52(42,43)44)12-14-36(38)50-26-4-3-5-27-51-37-15-13-35(31-39(37)49-2)11-9-33-18-24-41(25-19-33)21-7-29-53(45,46)47/h8-19,22-25,30-31H,3-7,20-21,26-29H2,1-2H3/b10-8+,11-9+. The summed E-state index contributed by atoms with van der Waals surface area (Å²) in [6.45, 7) is 1.98. The minimum Gasteiger partial charge on any atom is -0.748 e. The molecule has 0 spiro atoms. The van der Waals surface area contributed by atoms with Crippen LogP contribution in [0.25, 0.3) is 24.3 Å². The number of aryl methyl sites for hydroxylation is 2. The van der Waals surface area contributed by atoms with Gasteiger partial charge in [-0.3, -0.25) is 0 Å². The van der Waals surface area contributed by atoms with E-state index in [-0.39, 0.29) is 24.3 Å². The number of benzene rings is 2. The van der Waals surface area contributed by atoms with Crippen molar-refractivity contribution in [2.45, 2.75) is 45.2 Å². The van der Waals surface area contributed by atoms with E-state index < -0.39 is 20.2 Å². The molecule has 0 radical (unpaired) electrons. The van der Waals surface area contributed by atoms with Gasteiger partial charge in [-0.05, 0) is 65.8 Å². The van der Waals surface area contributed by atoms with Crippen LogP contribution in [0, 0.1) is 0 Å². The Morgan fingerprint density at radius 3 is 1.25 bits per heavy atom. The zero-order valence-electron chi connectivity index (χ0n) is 30.0. The zero-order valence-corrected chi connectivity index (χ0v) is 31.6. The molecule has 0 amide bonds. The summed E-state index contributed by atoms with van der Waals surface area (Å²) in [5.41, 5.74) is 3.83. The number of methoxy groups -OCH3 is 2. The molecule has 0 bridgehead atoms. The minimum atomic E-state index is -4.20. The van der Waals surface area contributed by atoms with Gasteiger partial charge in [0.15, 0.2) is 47.8 Å². The number of rotatable bonds is 22. The van der Waals surface area contributed by atoms with Gasteiger partial charge in [-0.1, -0.05) is 36.4 Å². The highest BCUT2D eigenvalue weighted by Crippen LogP contribution is 2.30. The Bertz CT molecular complexity index is 1880. The van der Waals surface area contributed by atoms with Gasteiger partial charge in [0.05, 0.1) is 47.7 Å². The van der Waals surface area contributed by atoms with Crippen LogP contribution in [0.5, 0.6) is 23.0 Å². The molecule has 0 saturated heterocycles. The van der Waals surface area contributed by atoms with Crippen LogP contribution in [0.3, 0.4) is 0 Å². The number of unbranched alkanes of at least 4 members (excludes halogenated alkanes) is 2. The van der Waals surface area contributed by atoms with E-state index in [0.717, 1.165) is 41.5 Å². The predicted molar refractivity (Wildman–Crippen MR) is 200 cm³/mol. The van der Waals surface area contributed by atoms with Crippen molar-refractivity contribution in [3.8, 4) is 23.0 Å². The first-order valence-electron chi connectivity index (χ1n) is 17.2. The molecule has 4 rings (SSSR count). The Balaban J connectivity index is 1.16. The molecule has 0 atom stereocenters. The largest absolute Gasteiger partial charge is 0.748 e. The van der Waals surface area contributed by atoms with Gasteiger partial charge in [0.25, 0.3) is 0 Å².